The Balaban J connectivity index is 2.07. The second-order valence-corrected chi connectivity index (χ2v) is 5.97. The molecule has 0 aliphatic rings. The third-order valence-electron chi connectivity index (χ3n) is 4.17. The lowest BCUT2D eigenvalue weighted by Gasteiger charge is -2.25. The number of amides is 1. The Bertz CT molecular complexity index is 684. The van der Waals surface area contributed by atoms with Crippen molar-refractivity contribution >= 4 is 22.8 Å². The maximum atomic E-state index is 12.3. The zero-order valence-corrected chi connectivity index (χ0v) is 15.7. The molecule has 0 saturated heterocycles. The molecule has 2 rings (SSSR count). The van der Waals surface area contributed by atoms with E-state index >= 15 is 0 Å². The number of hydrogen-bond acceptors (Lipinski definition) is 2. The summed E-state index contributed by atoms with van der Waals surface area (Å²) in [7, 11) is 1.90. The molecule has 2 N–H and O–H groups in total. The third kappa shape index (κ3) is 4.98. The molecule has 6 nitrogen and oxygen atoms in total. The van der Waals surface area contributed by atoms with Crippen molar-refractivity contribution in [3.63, 3.8) is 0 Å². The summed E-state index contributed by atoms with van der Waals surface area (Å²) in [4.78, 5) is 24.1. The SMILES string of the molecule is CCNC(=NCc1cc2ccccc2[nH]1)N(C)CC(=O)N(CC)CC. The minimum atomic E-state index is 0.115. The highest BCUT2D eigenvalue weighted by Crippen LogP contribution is 2.15. The van der Waals surface area contributed by atoms with Crippen LogP contribution >= 0.6 is 0 Å². The Hall–Kier alpha value is -2.50. The number of carbonyl (C=O) groups is 1. The second-order valence-electron chi connectivity index (χ2n) is 5.97. The highest BCUT2D eigenvalue weighted by molar-refractivity contribution is 5.86. The molecule has 0 radical (unpaired) electrons. The minimum absolute atomic E-state index is 0.115. The number of hydrogen-bond donors (Lipinski definition) is 2. The maximum Gasteiger partial charge on any atom is 0.242 e. The molecule has 1 aromatic carbocycles. The normalized spacial score (nSPS) is 11.6. The molecular weight excluding hydrogens is 314 g/mol. The molecule has 0 atom stereocenters. The summed E-state index contributed by atoms with van der Waals surface area (Å²) in [5.74, 6) is 0.852. The second kappa shape index (κ2) is 9.11. The molecule has 0 aliphatic heterocycles. The Labute approximate surface area is 149 Å². The van der Waals surface area contributed by atoms with Crippen molar-refractivity contribution in [1.82, 2.24) is 20.1 Å². The third-order valence-corrected chi connectivity index (χ3v) is 4.17. The number of guanidine groups is 1. The van der Waals surface area contributed by atoms with E-state index in [9.17, 15) is 4.79 Å². The zero-order chi connectivity index (χ0) is 18.2. The van der Waals surface area contributed by atoms with Gasteiger partial charge in [0.1, 0.15) is 0 Å². The Morgan fingerprint density at radius 1 is 1.20 bits per heavy atom. The van der Waals surface area contributed by atoms with Gasteiger partial charge in [-0.25, -0.2) is 4.99 Å². The number of para-hydroxylation sites is 1. The van der Waals surface area contributed by atoms with E-state index in [1.165, 1.54) is 5.39 Å². The fraction of sp³-hybridized carbons (Fsp3) is 0.474. The van der Waals surface area contributed by atoms with Crippen LogP contribution in [0.4, 0.5) is 0 Å². The van der Waals surface area contributed by atoms with E-state index in [1.54, 1.807) is 0 Å². The van der Waals surface area contributed by atoms with E-state index in [0.29, 0.717) is 13.1 Å². The first-order chi connectivity index (χ1) is 12.1. The quantitative estimate of drug-likeness (QED) is 0.599. The molecule has 1 aromatic heterocycles. The molecule has 6 heteroatoms. The molecule has 25 heavy (non-hydrogen) atoms. The van der Waals surface area contributed by atoms with Gasteiger partial charge >= 0.3 is 0 Å². The van der Waals surface area contributed by atoms with Crippen LogP contribution in [0.25, 0.3) is 10.9 Å². The summed E-state index contributed by atoms with van der Waals surface area (Å²) in [5, 5.41) is 4.44. The number of aromatic amines is 1. The van der Waals surface area contributed by atoms with Crippen molar-refractivity contribution in [2.75, 3.05) is 33.2 Å². The van der Waals surface area contributed by atoms with Gasteiger partial charge in [0.25, 0.3) is 0 Å². The van der Waals surface area contributed by atoms with Crippen LogP contribution in [0.3, 0.4) is 0 Å². The van der Waals surface area contributed by atoms with E-state index in [0.717, 1.165) is 36.8 Å². The van der Waals surface area contributed by atoms with Gasteiger partial charge in [-0.3, -0.25) is 4.79 Å². The molecule has 1 heterocycles. The van der Waals surface area contributed by atoms with Crippen molar-refractivity contribution in [2.24, 2.45) is 4.99 Å². The first kappa shape index (κ1) is 18.8. The van der Waals surface area contributed by atoms with Gasteiger partial charge in [-0.05, 0) is 38.3 Å². The molecule has 0 spiro atoms. The summed E-state index contributed by atoms with van der Waals surface area (Å²) in [6.07, 6.45) is 0. The molecule has 136 valence electrons. The van der Waals surface area contributed by atoms with Crippen LogP contribution in [0, 0.1) is 0 Å². The lowest BCUT2D eigenvalue weighted by Crippen LogP contribution is -2.45. The van der Waals surface area contributed by atoms with Gasteiger partial charge in [-0.2, -0.15) is 0 Å². The van der Waals surface area contributed by atoms with E-state index in [-0.39, 0.29) is 5.91 Å². The van der Waals surface area contributed by atoms with Gasteiger partial charge in [-0.15, -0.1) is 0 Å². The topological polar surface area (TPSA) is 63.7 Å². The largest absolute Gasteiger partial charge is 0.357 e. The van der Waals surface area contributed by atoms with Gasteiger partial charge in [0.15, 0.2) is 5.96 Å². The summed E-state index contributed by atoms with van der Waals surface area (Å²) >= 11 is 0. The van der Waals surface area contributed by atoms with Crippen LogP contribution in [-0.2, 0) is 11.3 Å². The van der Waals surface area contributed by atoms with Crippen molar-refractivity contribution in [1.29, 1.82) is 0 Å². The standard InChI is InChI=1S/C19H29N5O/c1-5-20-19(23(4)14-18(25)24(6-2)7-3)21-13-16-12-15-10-8-9-11-17(15)22-16/h8-12,22H,5-7,13-14H2,1-4H3,(H,20,21). The molecule has 1 amide bonds. The summed E-state index contributed by atoms with van der Waals surface area (Å²) in [6, 6.07) is 10.3. The predicted molar refractivity (Wildman–Crippen MR) is 104 cm³/mol. The lowest BCUT2D eigenvalue weighted by atomic mass is 10.2. The number of carbonyl (C=O) groups excluding carboxylic acids is 1. The highest BCUT2D eigenvalue weighted by atomic mass is 16.2. The summed E-state index contributed by atoms with van der Waals surface area (Å²) in [6.45, 7) is 9.10. The zero-order valence-electron chi connectivity index (χ0n) is 15.7. The van der Waals surface area contributed by atoms with Crippen LogP contribution in [0.1, 0.15) is 26.5 Å². The van der Waals surface area contributed by atoms with Crippen molar-refractivity contribution in [2.45, 2.75) is 27.3 Å². The average Bonchev–Trinajstić information content (AvgIpc) is 3.02. The molecule has 0 saturated carbocycles. The van der Waals surface area contributed by atoms with Gasteiger partial charge in [-0.1, -0.05) is 18.2 Å². The van der Waals surface area contributed by atoms with Gasteiger partial charge in [0.05, 0.1) is 13.1 Å². The van der Waals surface area contributed by atoms with Crippen LogP contribution < -0.4 is 5.32 Å². The molecule has 2 aromatic rings. The van der Waals surface area contributed by atoms with Crippen molar-refractivity contribution in [3.05, 3.63) is 36.0 Å². The number of fused-ring (bicyclic) bond motifs is 1. The molecule has 0 unspecified atom stereocenters. The summed E-state index contributed by atoms with van der Waals surface area (Å²) in [5.41, 5.74) is 2.17. The number of aliphatic imine (C=N–C) groups is 1. The predicted octanol–water partition coefficient (Wildman–Crippen LogP) is 2.43. The van der Waals surface area contributed by atoms with Crippen LogP contribution in [0.5, 0.6) is 0 Å². The number of benzene rings is 1. The fourth-order valence-corrected chi connectivity index (χ4v) is 2.80. The van der Waals surface area contributed by atoms with Crippen LogP contribution in [-0.4, -0.2) is 59.9 Å². The number of aromatic nitrogens is 1. The van der Waals surface area contributed by atoms with E-state index in [2.05, 4.69) is 33.5 Å². The first-order valence-electron chi connectivity index (χ1n) is 8.92. The highest BCUT2D eigenvalue weighted by Gasteiger charge is 2.15. The summed E-state index contributed by atoms with van der Waals surface area (Å²) < 4.78 is 0. The van der Waals surface area contributed by atoms with Gasteiger partial charge < -0.3 is 20.1 Å². The number of H-pyrrole nitrogens is 1. The van der Waals surface area contributed by atoms with Crippen molar-refractivity contribution in [3.8, 4) is 0 Å². The lowest BCUT2D eigenvalue weighted by molar-refractivity contribution is -0.131. The Kier molecular flexibility index (Phi) is 6.86. The van der Waals surface area contributed by atoms with E-state index in [1.807, 2.05) is 49.8 Å². The Morgan fingerprint density at radius 2 is 1.92 bits per heavy atom. The van der Waals surface area contributed by atoms with Gasteiger partial charge in [0, 0.05) is 37.9 Å². The number of nitrogens with one attached hydrogen (secondary N) is 2. The van der Waals surface area contributed by atoms with Crippen LogP contribution in [0.2, 0.25) is 0 Å². The van der Waals surface area contributed by atoms with Crippen LogP contribution in [0.15, 0.2) is 35.3 Å². The maximum absolute atomic E-state index is 12.3. The number of likely N-dealkylation sites (N-methyl/N-ethyl adjacent to an activating group) is 2. The smallest absolute Gasteiger partial charge is 0.242 e. The van der Waals surface area contributed by atoms with E-state index in [4.69, 9.17) is 0 Å². The molecule has 0 bridgehead atoms. The average molecular weight is 343 g/mol. The fourth-order valence-electron chi connectivity index (χ4n) is 2.80. The first-order valence-corrected chi connectivity index (χ1v) is 8.92. The number of nitrogens with zero attached hydrogens (tertiary/aromatic N) is 3. The van der Waals surface area contributed by atoms with Crippen molar-refractivity contribution < 1.29 is 4.79 Å². The molecular formula is C19H29N5O. The molecule has 0 aliphatic carbocycles. The number of rotatable bonds is 7. The Morgan fingerprint density at radius 3 is 2.56 bits per heavy atom. The minimum Gasteiger partial charge on any atom is -0.357 e. The van der Waals surface area contributed by atoms with Gasteiger partial charge in [0.2, 0.25) is 5.91 Å². The monoisotopic (exact) mass is 343 g/mol. The molecule has 0 fully saturated rings. The van der Waals surface area contributed by atoms with E-state index < -0.39 is 0 Å².